The largest absolute Gasteiger partial charge is 0.289 e. The molecule has 0 atom stereocenters. The van der Waals surface area contributed by atoms with Crippen molar-refractivity contribution in [3.05, 3.63) is 32.6 Å². The van der Waals surface area contributed by atoms with Crippen molar-refractivity contribution in [1.29, 1.82) is 0 Å². The lowest BCUT2D eigenvalue weighted by Crippen LogP contribution is -1.95. The first kappa shape index (κ1) is 7.00. The Hall–Kier alpha value is -0.670. The van der Waals surface area contributed by atoms with Crippen LogP contribution in [-0.2, 0) is 0 Å². The van der Waals surface area contributed by atoms with Crippen molar-refractivity contribution in [2.24, 2.45) is 0 Å². The summed E-state index contributed by atoms with van der Waals surface area (Å²) < 4.78 is 1.13. The van der Waals surface area contributed by atoms with Gasteiger partial charge in [-0.2, -0.15) is 0 Å². The average molecular weight is 182 g/mol. The third-order valence-electron chi connectivity index (χ3n) is 1.48. The Kier molecular flexibility index (Phi) is 1.55. The molecule has 0 saturated carbocycles. The van der Waals surface area contributed by atoms with E-state index in [0.717, 1.165) is 14.3 Å². The first-order chi connectivity index (χ1) is 5.27. The van der Waals surface area contributed by atoms with Crippen LogP contribution in [0.15, 0.2) is 22.3 Å². The van der Waals surface area contributed by atoms with Gasteiger partial charge in [-0.1, -0.05) is 0 Å². The molecule has 56 valence electrons. The van der Waals surface area contributed by atoms with E-state index in [1.807, 2.05) is 18.4 Å². The zero-order chi connectivity index (χ0) is 7.84. The molecule has 0 aromatic carbocycles. The maximum atomic E-state index is 11.3. The van der Waals surface area contributed by atoms with Gasteiger partial charge in [0.15, 0.2) is 5.43 Å². The Balaban J connectivity index is 3.02. The van der Waals surface area contributed by atoms with Gasteiger partial charge in [-0.3, -0.25) is 4.79 Å². The lowest BCUT2D eigenvalue weighted by Gasteiger charge is -1.88. The molecule has 0 unspecified atom stereocenters. The topological polar surface area (TPSA) is 17.1 Å². The third-order valence-corrected chi connectivity index (χ3v) is 3.57. The molecule has 2 aromatic heterocycles. The number of rotatable bonds is 0. The fraction of sp³-hybridized carbons (Fsp3) is 0.125. The van der Waals surface area contributed by atoms with Crippen molar-refractivity contribution in [3.63, 3.8) is 0 Å². The molecule has 1 nitrogen and oxygen atoms in total. The van der Waals surface area contributed by atoms with Gasteiger partial charge < -0.3 is 0 Å². The molecule has 0 aliphatic rings. The van der Waals surface area contributed by atoms with Gasteiger partial charge in [-0.15, -0.1) is 22.7 Å². The quantitative estimate of drug-likeness (QED) is 0.612. The minimum absolute atomic E-state index is 0.150. The molecule has 0 saturated heterocycles. The molecular formula is C8H6OS2. The minimum atomic E-state index is 0.150. The minimum Gasteiger partial charge on any atom is -0.289 e. The Labute approximate surface area is 71.9 Å². The fourth-order valence-corrected chi connectivity index (χ4v) is 3.11. The molecule has 3 heteroatoms. The van der Waals surface area contributed by atoms with Crippen LogP contribution in [0, 0.1) is 6.92 Å². The van der Waals surface area contributed by atoms with Crippen molar-refractivity contribution in [1.82, 2.24) is 0 Å². The third kappa shape index (κ3) is 1.10. The fourth-order valence-electron chi connectivity index (χ4n) is 0.995. The van der Waals surface area contributed by atoms with E-state index in [2.05, 4.69) is 0 Å². The molecule has 0 aliphatic carbocycles. The second kappa shape index (κ2) is 2.43. The van der Waals surface area contributed by atoms with Crippen molar-refractivity contribution < 1.29 is 0 Å². The summed E-state index contributed by atoms with van der Waals surface area (Å²) in [4.78, 5) is 12.4. The number of thiophene rings is 1. The summed E-state index contributed by atoms with van der Waals surface area (Å²) in [5, 5.41) is 2.83. The highest BCUT2D eigenvalue weighted by Crippen LogP contribution is 2.23. The van der Waals surface area contributed by atoms with E-state index in [1.165, 1.54) is 0 Å². The van der Waals surface area contributed by atoms with Gasteiger partial charge in [0.2, 0.25) is 0 Å². The zero-order valence-corrected chi connectivity index (χ0v) is 7.59. The SMILES string of the molecule is Cc1cc(=O)c2ccsc2s1. The second-order valence-corrected chi connectivity index (χ2v) is 4.77. The van der Waals surface area contributed by atoms with Gasteiger partial charge in [0.25, 0.3) is 0 Å². The molecule has 0 N–H and O–H groups in total. The molecule has 0 fully saturated rings. The van der Waals surface area contributed by atoms with Gasteiger partial charge >= 0.3 is 0 Å². The van der Waals surface area contributed by atoms with E-state index in [1.54, 1.807) is 28.7 Å². The van der Waals surface area contributed by atoms with Crippen LogP contribution in [-0.4, -0.2) is 0 Å². The average Bonchev–Trinajstić information content (AvgIpc) is 2.34. The van der Waals surface area contributed by atoms with Crippen molar-refractivity contribution in [3.8, 4) is 0 Å². The summed E-state index contributed by atoms with van der Waals surface area (Å²) in [6, 6.07) is 3.58. The van der Waals surface area contributed by atoms with Crippen LogP contribution in [0.25, 0.3) is 9.40 Å². The van der Waals surface area contributed by atoms with E-state index >= 15 is 0 Å². The van der Waals surface area contributed by atoms with Crippen LogP contribution < -0.4 is 5.43 Å². The highest BCUT2D eigenvalue weighted by atomic mass is 32.2. The molecular weight excluding hydrogens is 176 g/mol. The maximum absolute atomic E-state index is 11.3. The van der Waals surface area contributed by atoms with Crippen LogP contribution >= 0.6 is 22.7 Å². The molecule has 11 heavy (non-hydrogen) atoms. The Morgan fingerprint density at radius 1 is 1.45 bits per heavy atom. The van der Waals surface area contributed by atoms with E-state index in [-0.39, 0.29) is 5.43 Å². The number of hydrogen-bond acceptors (Lipinski definition) is 3. The summed E-state index contributed by atoms with van der Waals surface area (Å²) >= 11 is 3.32. The normalized spacial score (nSPS) is 10.6. The Morgan fingerprint density at radius 2 is 2.27 bits per heavy atom. The Bertz CT molecular complexity index is 439. The summed E-state index contributed by atoms with van der Waals surface area (Å²) in [7, 11) is 0. The summed E-state index contributed by atoms with van der Waals surface area (Å²) in [5.74, 6) is 0. The highest BCUT2D eigenvalue weighted by Gasteiger charge is 1.99. The predicted molar refractivity (Wildman–Crippen MR) is 50.7 cm³/mol. The van der Waals surface area contributed by atoms with Crippen LogP contribution in [0.4, 0.5) is 0 Å². The highest BCUT2D eigenvalue weighted by molar-refractivity contribution is 7.37. The van der Waals surface area contributed by atoms with Gasteiger partial charge in [0.1, 0.15) is 0 Å². The second-order valence-electron chi connectivity index (χ2n) is 2.34. The van der Waals surface area contributed by atoms with Crippen LogP contribution in [0.3, 0.4) is 0 Å². The molecule has 2 rings (SSSR count). The lowest BCUT2D eigenvalue weighted by atomic mass is 10.3. The van der Waals surface area contributed by atoms with E-state index in [0.29, 0.717) is 0 Å². The van der Waals surface area contributed by atoms with Gasteiger partial charge in [0.05, 0.1) is 9.40 Å². The maximum Gasteiger partial charge on any atom is 0.189 e. The monoisotopic (exact) mass is 182 g/mol. The molecule has 0 spiro atoms. The zero-order valence-electron chi connectivity index (χ0n) is 5.96. The molecule has 0 bridgehead atoms. The number of aryl methyl sites for hydroxylation is 1. The smallest absolute Gasteiger partial charge is 0.189 e. The predicted octanol–water partition coefficient (Wildman–Crippen LogP) is 2.63. The van der Waals surface area contributed by atoms with Crippen LogP contribution in [0.1, 0.15) is 4.88 Å². The molecule has 0 radical (unpaired) electrons. The van der Waals surface area contributed by atoms with Gasteiger partial charge in [-0.05, 0) is 24.4 Å². The molecule has 2 heterocycles. The van der Waals surface area contributed by atoms with Gasteiger partial charge in [-0.25, -0.2) is 0 Å². The van der Waals surface area contributed by atoms with E-state index in [4.69, 9.17) is 0 Å². The van der Waals surface area contributed by atoms with Crippen molar-refractivity contribution in [2.75, 3.05) is 0 Å². The van der Waals surface area contributed by atoms with Crippen molar-refractivity contribution in [2.45, 2.75) is 6.92 Å². The Morgan fingerprint density at radius 3 is 3.09 bits per heavy atom. The van der Waals surface area contributed by atoms with E-state index < -0.39 is 0 Å². The summed E-state index contributed by atoms with van der Waals surface area (Å²) in [6.07, 6.45) is 0. The van der Waals surface area contributed by atoms with Crippen LogP contribution in [0.5, 0.6) is 0 Å². The van der Waals surface area contributed by atoms with E-state index in [9.17, 15) is 4.79 Å². The summed E-state index contributed by atoms with van der Waals surface area (Å²) in [5.41, 5.74) is 0.150. The first-order valence-electron chi connectivity index (χ1n) is 3.25. The summed E-state index contributed by atoms with van der Waals surface area (Å²) in [6.45, 7) is 1.96. The first-order valence-corrected chi connectivity index (χ1v) is 4.95. The number of fused-ring (bicyclic) bond motifs is 1. The standard InChI is InChI=1S/C8H6OS2/c1-5-4-7(9)6-2-3-10-8(6)11-5/h2-4H,1H3. The van der Waals surface area contributed by atoms with Gasteiger partial charge in [0, 0.05) is 4.88 Å². The molecule has 2 aromatic rings. The van der Waals surface area contributed by atoms with Crippen molar-refractivity contribution >= 4 is 32.1 Å². The molecule has 0 amide bonds. The molecule has 0 aliphatic heterocycles. The lowest BCUT2D eigenvalue weighted by molar-refractivity contribution is 1.58. The number of hydrogen-bond donors (Lipinski definition) is 0. The van der Waals surface area contributed by atoms with Crippen LogP contribution in [0.2, 0.25) is 0 Å².